The Morgan fingerprint density at radius 3 is 2.62 bits per heavy atom. The van der Waals surface area contributed by atoms with Crippen molar-refractivity contribution in [1.29, 1.82) is 0 Å². The number of anilines is 1. The Labute approximate surface area is 107 Å². The number of hydrogen-bond donors (Lipinski definition) is 1. The summed E-state index contributed by atoms with van der Waals surface area (Å²) >= 11 is 3.52. The van der Waals surface area contributed by atoms with Gasteiger partial charge in [0.15, 0.2) is 0 Å². The number of rotatable bonds is 5. The Morgan fingerprint density at radius 1 is 1.38 bits per heavy atom. The van der Waals surface area contributed by atoms with Gasteiger partial charge in [-0.05, 0) is 37.6 Å². The second-order valence-corrected chi connectivity index (χ2v) is 5.19. The molecule has 0 fully saturated rings. The van der Waals surface area contributed by atoms with Gasteiger partial charge in [-0.3, -0.25) is 0 Å². The van der Waals surface area contributed by atoms with E-state index in [0.717, 1.165) is 17.4 Å². The summed E-state index contributed by atoms with van der Waals surface area (Å²) in [6.45, 7) is 5.46. The van der Waals surface area contributed by atoms with Gasteiger partial charge in [-0.25, -0.2) is 0 Å². The van der Waals surface area contributed by atoms with Crippen LogP contribution < -0.4 is 10.2 Å². The number of nitrogens with one attached hydrogen (secondary N) is 1. The zero-order valence-corrected chi connectivity index (χ0v) is 12.1. The van der Waals surface area contributed by atoms with Crippen LogP contribution in [0.3, 0.4) is 0 Å². The molecule has 0 aromatic heterocycles. The standard InChI is InChI=1S/C13H21BrN2/c1-5-8-15-10(2)12-7-6-11(14)9-13(12)16(3)4/h6-7,9-10,15H,5,8H2,1-4H3. The molecule has 0 radical (unpaired) electrons. The van der Waals surface area contributed by atoms with E-state index < -0.39 is 0 Å². The maximum absolute atomic E-state index is 3.52. The van der Waals surface area contributed by atoms with Gasteiger partial charge in [0.2, 0.25) is 0 Å². The van der Waals surface area contributed by atoms with E-state index >= 15 is 0 Å². The molecule has 0 aliphatic heterocycles. The second kappa shape index (κ2) is 6.26. The molecule has 0 saturated heterocycles. The van der Waals surface area contributed by atoms with Crippen LogP contribution in [0.1, 0.15) is 31.9 Å². The molecule has 0 spiro atoms. The van der Waals surface area contributed by atoms with E-state index in [0.29, 0.717) is 6.04 Å². The summed E-state index contributed by atoms with van der Waals surface area (Å²) in [5, 5.41) is 3.52. The third kappa shape index (κ3) is 3.49. The Kier molecular flexibility index (Phi) is 5.29. The van der Waals surface area contributed by atoms with Gasteiger partial charge in [0.1, 0.15) is 0 Å². The lowest BCUT2D eigenvalue weighted by Crippen LogP contribution is -2.22. The van der Waals surface area contributed by atoms with Crippen molar-refractivity contribution in [3.8, 4) is 0 Å². The molecule has 0 aliphatic rings. The van der Waals surface area contributed by atoms with Crippen molar-refractivity contribution in [2.24, 2.45) is 0 Å². The van der Waals surface area contributed by atoms with Crippen molar-refractivity contribution in [2.75, 3.05) is 25.5 Å². The fourth-order valence-corrected chi connectivity index (χ4v) is 2.09. The fourth-order valence-electron chi connectivity index (χ4n) is 1.74. The largest absolute Gasteiger partial charge is 0.377 e. The van der Waals surface area contributed by atoms with Crippen molar-refractivity contribution in [1.82, 2.24) is 5.32 Å². The Balaban J connectivity index is 2.93. The highest BCUT2D eigenvalue weighted by Crippen LogP contribution is 2.28. The summed E-state index contributed by atoms with van der Waals surface area (Å²) < 4.78 is 1.13. The number of hydrogen-bond acceptors (Lipinski definition) is 2. The van der Waals surface area contributed by atoms with E-state index in [1.165, 1.54) is 11.3 Å². The van der Waals surface area contributed by atoms with Crippen LogP contribution in [0.4, 0.5) is 5.69 Å². The molecule has 0 amide bonds. The predicted octanol–water partition coefficient (Wildman–Crippen LogP) is 3.58. The van der Waals surface area contributed by atoms with Gasteiger partial charge in [-0.15, -0.1) is 0 Å². The van der Waals surface area contributed by atoms with Crippen molar-refractivity contribution >= 4 is 21.6 Å². The van der Waals surface area contributed by atoms with Crippen LogP contribution in [0.15, 0.2) is 22.7 Å². The minimum absolute atomic E-state index is 0.394. The molecule has 1 aromatic rings. The molecular weight excluding hydrogens is 264 g/mol. The lowest BCUT2D eigenvalue weighted by atomic mass is 10.1. The van der Waals surface area contributed by atoms with Gasteiger partial charge in [-0.1, -0.05) is 28.9 Å². The molecule has 1 aromatic carbocycles. The minimum atomic E-state index is 0.394. The third-order valence-corrected chi connectivity index (χ3v) is 3.13. The molecule has 1 unspecified atom stereocenters. The molecule has 3 heteroatoms. The molecule has 1 N–H and O–H groups in total. The Morgan fingerprint density at radius 2 is 2.06 bits per heavy atom. The molecule has 90 valence electrons. The summed E-state index contributed by atoms with van der Waals surface area (Å²) in [5.74, 6) is 0. The first-order valence-electron chi connectivity index (χ1n) is 5.76. The van der Waals surface area contributed by atoms with Crippen LogP contribution >= 0.6 is 15.9 Å². The van der Waals surface area contributed by atoms with Gasteiger partial charge >= 0.3 is 0 Å². The SMILES string of the molecule is CCCNC(C)c1ccc(Br)cc1N(C)C. The average molecular weight is 285 g/mol. The highest BCUT2D eigenvalue weighted by atomic mass is 79.9. The maximum Gasteiger partial charge on any atom is 0.0420 e. The number of halogens is 1. The summed E-state index contributed by atoms with van der Waals surface area (Å²) in [4.78, 5) is 2.16. The van der Waals surface area contributed by atoms with Gasteiger partial charge in [0.05, 0.1) is 0 Å². The van der Waals surface area contributed by atoms with Gasteiger partial charge in [0.25, 0.3) is 0 Å². The summed E-state index contributed by atoms with van der Waals surface area (Å²) in [6, 6.07) is 6.85. The average Bonchev–Trinajstić information content (AvgIpc) is 2.25. The second-order valence-electron chi connectivity index (χ2n) is 4.27. The zero-order chi connectivity index (χ0) is 12.1. The topological polar surface area (TPSA) is 15.3 Å². The third-order valence-electron chi connectivity index (χ3n) is 2.64. The molecular formula is C13H21BrN2. The Hall–Kier alpha value is -0.540. The molecule has 0 aliphatic carbocycles. The highest BCUT2D eigenvalue weighted by Gasteiger charge is 2.11. The van der Waals surface area contributed by atoms with E-state index in [1.807, 2.05) is 0 Å². The van der Waals surface area contributed by atoms with Crippen LogP contribution in [0.2, 0.25) is 0 Å². The highest BCUT2D eigenvalue weighted by molar-refractivity contribution is 9.10. The first-order valence-corrected chi connectivity index (χ1v) is 6.55. The van der Waals surface area contributed by atoms with Crippen LogP contribution in [-0.4, -0.2) is 20.6 Å². The van der Waals surface area contributed by atoms with Gasteiger partial charge in [-0.2, -0.15) is 0 Å². The smallest absolute Gasteiger partial charge is 0.0420 e. The van der Waals surface area contributed by atoms with Crippen LogP contribution in [0.5, 0.6) is 0 Å². The fraction of sp³-hybridized carbons (Fsp3) is 0.538. The van der Waals surface area contributed by atoms with E-state index in [9.17, 15) is 0 Å². The monoisotopic (exact) mass is 284 g/mol. The van der Waals surface area contributed by atoms with Gasteiger partial charge in [0, 0.05) is 30.3 Å². The van der Waals surface area contributed by atoms with E-state index in [4.69, 9.17) is 0 Å². The maximum atomic E-state index is 3.52. The van der Waals surface area contributed by atoms with E-state index in [2.05, 4.69) is 72.3 Å². The number of benzene rings is 1. The predicted molar refractivity (Wildman–Crippen MR) is 75.2 cm³/mol. The molecule has 2 nitrogen and oxygen atoms in total. The zero-order valence-electron chi connectivity index (χ0n) is 10.5. The van der Waals surface area contributed by atoms with Crippen molar-refractivity contribution in [3.05, 3.63) is 28.2 Å². The molecule has 0 heterocycles. The van der Waals surface area contributed by atoms with Crippen molar-refractivity contribution < 1.29 is 0 Å². The first-order chi connectivity index (χ1) is 7.56. The molecule has 0 bridgehead atoms. The quantitative estimate of drug-likeness (QED) is 0.889. The normalized spacial score (nSPS) is 12.6. The summed E-state index contributed by atoms with van der Waals surface area (Å²) in [6.07, 6.45) is 1.16. The summed E-state index contributed by atoms with van der Waals surface area (Å²) in [5.41, 5.74) is 2.62. The van der Waals surface area contributed by atoms with Crippen LogP contribution in [0.25, 0.3) is 0 Å². The van der Waals surface area contributed by atoms with Crippen LogP contribution in [0, 0.1) is 0 Å². The lowest BCUT2D eigenvalue weighted by Gasteiger charge is -2.22. The van der Waals surface area contributed by atoms with Crippen molar-refractivity contribution in [2.45, 2.75) is 26.3 Å². The molecule has 16 heavy (non-hydrogen) atoms. The summed E-state index contributed by atoms with van der Waals surface area (Å²) in [7, 11) is 4.16. The Bertz CT molecular complexity index is 337. The minimum Gasteiger partial charge on any atom is -0.377 e. The van der Waals surface area contributed by atoms with Crippen molar-refractivity contribution in [3.63, 3.8) is 0 Å². The molecule has 0 saturated carbocycles. The molecule has 1 rings (SSSR count). The lowest BCUT2D eigenvalue weighted by molar-refractivity contribution is 0.570. The first kappa shape index (κ1) is 13.5. The van der Waals surface area contributed by atoms with E-state index in [1.54, 1.807) is 0 Å². The molecule has 1 atom stereocenters. The van der Waals surface area contributed by atoms with Gasteiger partial charge < -0.3 is 10.2 Å². The number of nitrogens with zero attached hydrogens (tertiary/aromatic N) is 1. The van der Waals surface area contributed by atoms with E-state index in [-0.39, 0.29) is 0 Å². The van der Waals surface area contributed by atoms with Crippen LogP contribution in [-0.2, 0) is 0 Å².